The summed E-state index contributed by atoms with van der Waals surface area (Å²) in [5.41, 5.74) is 0.855. The Morgan fingerprint density at radius 3 is 1.96 bits per heavy atom. The fourth-order valence-electron chi connectivity index (χ4n) is 4.63. The number of nitrogens with zero attached hydrogens (tertiary/aromatic N) is 2. The van der Waals surface area contributed by atoms with E-state index < -0.39 is 12.0 Å². The highest BCUT2D eigenvalue weighted by atomic mass is 19.4. The summed E-state index contributed by atoms with van der Waals surface area (Å²) in [7, 11) is 0. The van der Waals surface area contributed by atoms with Crippen LogP contribution in [0.1, 0.15) is 82.0 Å². The van der Waals surface area contributed by atoms with Gasteiger partial charge in [0, 0.05) is 19.0 Å². The zero-order chi connectivity index (χ0) is 18.6. The second-order valence-electron chi connectivity index (χ2n) is 7.86. The highest BCUT2D eigenvalue weighted by Crippen LogP contribution is 2.43. The molecule has 2 saturated carbocycles. The first-order valence-electron chi connectivity index (χ1n) is 9.98. The van der Waals surface area contributed by atoms with Crippen LogP contribution in [0.25, 0.3) is 0 Å². The topological polar surface area (TPSA) is 35.0 Å². The van der Waals surface area contributed by atoms with Crippen LogP contribution >= 0.6 is 0 Å². The maximum absolute atomic E-state index is 12.6. The third kappa shape index (κ3) is 4.96. The van der Waals surface area contributed by atoms with Gasteiger partial charge in [0.05, 0.1) is 6.10 Å². The lowest BCUT2D eigenvalue weighted by atomic mass is 9.70. The average molecular weight is 370 g/mol. The van der Waals surface area contributed by atoms with Gasteiger partial charge in [-0.25, -0.2) is 9.97 Å². The Morgan fingerprint density at radius 1 is 0.923 bits per heavy atom. The number of ether oxygens (including phenoxy) is 1. The Morgan fingerprint density at radius 2 is 1.46 bits per heavy atom. The van der Waals surface area contributed by atoms with Crippen LogP contribution < -0.4 is 0 Å². The van der Waals surface area contributed by atoms with Crippen molar-refractivity contribution in [2.75, 3.05) is 6.61 Å². The quantitative estimate of drug-likeness (QED) is 0.661. The molecule has 0 atom stereocenters. The average Bonchev–Trinajstić information content (AvgIpc) is 2.66. The summed E-state index contributed by atoms with van der Waals surface area (Å²) in [6, 6.07) is 0. The van der Waals surface area contributed by atoms with Crippen molar-refractivity contribution in [2.45, 2.75) is 82.9 Å². The van der Waals surface area contributed by atoms with Gasteiger partial charge in [0.1, 0.15) is 0 Å². The maximum Gasteiger partial charge on any atom is 0.451 e. The summed E-state index contributed by atoms with van der Waals surface area (Å²) in [6.07, 6.45) is 9.08. The van der Waals surface area contributed by atoms with E-state index in [0.717, 1.165) is 56.1 Å². The van der Waals surface area contributed by atoms with Crippen LogP contribution in [0.15, 0.2) is 12.4 Å². The first kappa shape index (κ1) is 19.6. The van der Waals surface area contributed by atoms with Crippen LogP contribution in [-0.4, -0.2) is 22.7 Å². The molecule has 2 fully saturated rings. The Labute approximate surface area is 153 Å². The van der Waals surface area contributed by atoms with Crippen molar-refractivity contribution in [3.8, 4) is 0 Å². The summed E-state index contributed by atoms with van der Waals surface area (Å²) < 4.78 is 43.6. The highest BCUT2D eigenvalue weighted by Gasteiger charge is 2.35. The Kier molecular flexibility index (Phi) is 6.54. The van der Waals surface area contributed by atoms with Gasteiger partial charge in [-0.05, 0) is 81.1 Å². The van der Waals surface area contributed by atoms with Crippen LogP contribution in [0.3, 0.4) is 0 Å². The Bertz CT molecular complexity index is 545. The number of alkyl halides is 3. The minimum absolute atomic E-state index is 0.303. The molecule has 146 valence electrons. The minimum atomic E-state index is -4.46. The van der Waals surface area contributed by atoms with Crippen LogP contribution in [0, 0.1) is 11.8 Å². The van der Waals surface area contributed by atoms with Gasteiger partial charge < -0.3 is 4.74 Å². The van der Waals surface area contributed by atoms with Crippen LogP contribution in [0.5, 0.6) is 0 Å². The van der Waals surface area contributed by atoms with Gasteiger partial charge in [0.15, 0.2) is 0 Å². The van der Waals surface area contributed by atoms with Crippen molar-refractivity contribution in [2.24, 2.45) is 11.8 Å². The van der Waals surface area contributed by atoms with Gasteiger partial charge in [0.25, 0.3) is 0 Å². The van der Waals surface area contributed by atoms with Crippen molar-refractivity contribution in [1.82, 2.24) is 9.97 Å². The molecule has 2 aliphatic rings. The van der Waals surface area contributed by atoms with Crippen molar-refractivity contribution >= 4 is 0 Å². The van der Waals surface area contributed by atoms with E-state index in [1.165, 1.54) is 38.1 Å². The van der Waals surface area contributed by atoms with E-state index >= 15 is 0 Å². The van der Waals surface area contributed by atoms with Gasteiger partial charge in [-0.15, -0.1) is 0 Å². The summed E-state index contributed by atoms with van der Waals surface area (Å²) in [6.45, 7) is 3.02. The predicted molar refractivity (Wildman–Crippen MR) is 93.7 cm³/mol. The molecule has 0 bridgehead atoms. The molecule has 3 nitrogen and oxygen atoms in total. The van der Waals surface area contributed by atoms with Crippen LogP contribution in [0.2, 0.25) is 0 Å². The largest absolute Gasteiger partial charge is 0.451 e. The van der Waals surface area contributed by atoms with Crippen molar-refractivity contribution in [1.29, 1.82) is 0 Å². The second-order valence-corrected chi connectivity index (χ2v) is 7.86. The van der Waals surface area contributed by atoms with Gasteiger partial charge in [-0.2, -0.15) is 13.2 Å². The molecule has 6 heteroatoms. The van der Waals surface area contributed by atoms with Gasteiger partial charge in [0.2, 0.25) is 5.82 Å². The van der Waals surface area contributed by atoms with E-state index in [2.05, 4.69) is 16.9 Å². The lowest BCUT2D eigenvalue weighted by Gasteiger charge is -2.37. The van der Waals surface area contributed by atoms with E-state index in [4.69, 9.17) is 4.74 Å². The maximum atomic E-state index is 12.6. The molecule has 0 unspecified atom stereocenters. The minimum Gasteiger partial charge on any atom is -0.378 e. The number of rotatable bonds is 5. The summed E-state index contributed by atoms with van der Waals surface area (Å²) in [4.78, 5) is 7.03. The third-order valence-electron chi connectivity index (χ3n) is 6.11. The first-order valence-corrected chi connectivity index (χ1v) is 9.98. The Hall–Kier alpha value is -1.17. The second kappa shape index (κ2) is 8.68. The standard InChI is InChI=1S/C20H29F3N2O/c1-2-11-26-18-9-7-15(8-10-18)14-3-5-16(6-4-14)17-12-24-19(25-13-17)20(21,22)23/h12-16,18H,2-11H2,1H3/t14-,15-,16-,18-. The molecule has 1 aromatic rings. The fourth-order valence-corrected chi connectivity index (χ4v) is 4.63. The monoisotopic (exact) mass is 370 g/mol. The molecule has 1 aromatic heterocycles. The summed E-state index contributed by atoms with van der Waals surface area (Å²) >= 11 is 0. The lowest BCUT2D eigenvalue weighted by molar-refractivity contribution is -0.145. The van der Waals surface area contributed by atoms with E-state index in [-0.39, 0.29) is 0 Å². The predicted octanol–water partition coefficient (Wildman–Crippen LogP) is 5.75. The van der Waals surface area contributed by atoms with Crippen molar-refractivity contribution < 1.29 is 17.9 Å². The molecule has 0 N–H and O–H groups in total. The van der Waals surface area contributed by atoms with Crippen LogP contribution in [0.4, 0.5) is 13.2 Å². The fraction of sp³-hybridized carbons (Fsp3) is 0.800. The smallest absolute Gasteiger partial charge is 0.378 e. The zero-order valence-electron chi connectivity index (χ0n) is 15.5. The molecule has 0 aromatic carbocycles. The molecular weight excluding hydrogens is 341 g/mol. The molecule has 26 heavy (non-hydrogen) atoms. The molecule has 0 saturated heterocycles. The SMILES string of the molecule is CCCO[C@H]1CC[C@H]([C@H]2CC[C@H](c3cnc(C(F)(F)F)nc3)CC2)CC1. The molecule has 0 radical (unpaired) electrons. The molecule has 0 spiro atoms. The van der Waals surface area contributed by atoms with E-state index in [9.17, 15) is 13.2 Å². The lowest BCUT2D eigenvalue weighted by Crippen LogP contribution is -2.28. The number of hydrogen-bond donors (Lipinski definition) is 0. The molecular formula is C20H29F3N2O. The summed E-state index contributed by atoms with van der Waals surface area (Å²) in [5.74, 6) is 0.810. The van der Waals surface area contributed by atoms with Crippen molar-refractivity contribution in [3.05, 3.63) is 23.8 Å². The van der Waals surface area contributed by atoms with Crippen molar-refractivity contribution in [3.63, 3.8) is 0 Å². The molecule has 1 heterocycles. The number of aromatic nitrogens is 2. The highest BCUT2D eigenvalue weighted by molar-refractivity contribution is 5.13. The summed E-state index contributed by atoms with van der Waals surface area (Å²) in [5, 5.41) is 0. The number of halogens is 3. The first-order chi connectivity index (χ1) is 12.5. The molecule has 2 aliphatic carbocycles. The normalized spacial score (nSPS) is 30.3. The molecule has 3 rings (SSSR count). The van der Waals surface area contributed by atoms with E-state index in [0.29, 0.717) is 12.0 Å². The van der Waals surface area contributed by atoms with Crippen LogP contribution in [-0.2, 0) is 10.9 Å². The number of hydrogen-bond acceptors (Lipinski definition) is 3. The van der Waals surface area contributed by atoms with Gasteiger partial charge in [-0.3, -0.25) is 0 Å². The third-order valence-corrected chi connectivity index (χ3v) is 6.11. The zero-order valence-corrected chi connectivity index (χ0v) is 15.5. The van der Waals surface area contributed by atoms with E-state index in [1.807, 2.05) is 0 Å². The molecule has 0 amide bonds. The van der Waals surface area contributed by atoms with E-state index in [1.54, 1.807) is 0 Å². The molecule has 0 aliphatic heterocycles. The van der Waals surface area contributed by atoms with Gasteiger partial charge >= 0.3 is 6.18 Å². The van der Waals surface area contributed by atoms with Gasteiger partial charge in [-0.1, -0.05) is 6.92 Å². The Balaban J connectivity index is 1.46.